The van der Waals surface area contributed by atoms with Crippen LogP contribution in [0.4, 0.5) is 0 Å². The average Bonchev–Trinajstić information content (AvgIpc) is 2.93. The summed E-state index contributed by atoms with van der Waals surface area (Å²) in [7, 11) is 0. The van der Waals surface area contributed by atoms with Crippen LogP contribution in [0, 0.1) is 13.8 Å². The molecular weight excluding hydrogens is 350 g/mol. The topological polar surface area (TPSA) is 46.1 Å². The summed E-state index contributed by atoms with van der Waals surface area (Å²) < 4.78 is 0. The average molecular weight is 372 g/mol. The summed E-state index contributed by atoms with van der Waals surface area (Å²) in [4.78, 5) is 25.5. The highest BCUT2D eigenvalue weighted by molar-refractivity contribution is 8.00. The summed E-state index contributed by atoms with van der Waals surface area (Å²) in [5, 5.41) is 1.99. The molecule has 0 fully saturated rings. The van der Waals surface area contributed by atoms with Crippen LogP contribution in [0.15, 0.2) is 41.7 Å². The van der Waals surface area contributed by atoms with Crippen molar-refractivity contribution in [3.8, 4) is 0 Å². The van der Waals surface area contributed by atoms with E-state index in [1.165, 1.54) is 22.2 Å². The van der Waals surface area contributed by atoms with Crippen molar-refractivity contribution in [1.82, 2.24) is 14.9 Å². The minimum absolute atomic E-state index is 0.132. The van der Waals surface area contributed by atoms with E-state index < -0.39 is 0 Å². The number of hydrogen-bond donors (Lipinski definition) is 0. The van der Waals surface area contributed by atoms with E-state index >= 15 is 0 Å². The normalized spacial score (nSPS) is 11.0. The molecule has 0 saturated heterocycles. The van der Waals surface area contributed by atoms with E-state index in [9.17, 15) is 4.79 Å². The van der Waals surface area contributed by atoms with Crippen LogP contribution in [0.25, 0.3) is 10.2 Å². The molecule has 0 bridgehead atoms. The molecule has 2 aromatic heterocycles. The lowest BCUT2D eigenvalue weighted by atomic mass is 10.2. The van der Waals surface area contributed by atoms with Crippen LogP contribution in [0.5, 0.6) is 0 Å². The van der Waals surface area contributed by atoms with Crippen molar-refractivity contribution in [3.05, 3.63) is 52.7 Å². The zero-order valence-electron chi connectivity index (χ0n) is 14.7. The first-order valence-corrected chi connectivity index (χ1v) is 10.1. The number of aromatic nitrogens is 2. The van der Waals surface area contributed by atoms with Crippen LogP contribution in [-0.4, -0.2) is 33.1 Å². The Balaban J connectivity index is 1.71. The second-order valence-electron chi connectivity index (χ2n) is 5.82. The Labute approximate surface area is 156 Å². The maximum absolute atomic E-state index is 12.6. The molecule has 0 N–H and O–H groups in total. The Kier molecular flexibility index (Phi) is 5.71. The van der Waals surface area contributed by atoms with Crippen LogP contribution in [0.2, 0.25) is 0 Å². The number of fused-ring (bicyclic) bond motifs is 1. The number of amides is 1. The fourth-order valence-corrected chi connectivity index (χ4v) is 4.68. The van der Waals surface area contributed by atoms with Gasteiger partial charge < -0.3 is 4.90 Å². The third-order valence-electron chi connectivity index (χ3n) is 4.21. The SMILES string of the molecule is CCN(Cc1ccccc1)C(=O)CSc1ncnc2sc(C)c(C)c12. The Morgan fingerprint density at radius 2 is 1.96 bits per heavy atom. The fourth-order valence-electron chi connectivity index (χ4n) is 2.66. The van der Waals surface area contributed by atoms with Gasteiger partial charge in [-0.3, -0.25) is 4.79 Å². The number of thioether (sulfide) groups is 1. The molecule has 1 amide bonds. The lowest BCUT2D eigenvalue weighted by molar-refractivity contribution is -0.128. The minimum Gasteiger partial charge on any atom is -0.338 e. The Morgan fingerprint density at radius 1 is 1.20 bits per heavy atom. The van der Waals surface area contributed by atoms with E-state index in [0.717, 1.165) is 20.8 Å². The zero-order chi connectivity index (χ0) is 17.8. The van der Waals surface area contributed by atoms with Gasteiger partial charge in [-0.05, 0) is 31.9 Å². The number of carbonyl (C=O) groups excluding carboxylic acids is 1. The molecule has 0 aliphatic carbocycles. The van der Waals surface area contributed by atoms with Crippen molar-refractivity contribution < 1.29 is 4.79 Å². The quantitative estimate of drug-likeness (QED) is 0.474. The van der Waals surface area contributed by atoms with Gasteiger partial charge in [0.2, 0.25) is 5.91 Å². The molecule has 2 heterocycles. The van der Waals surface area contributed by atoms with E-state index in [-0.39, 0.29) is 5.91 Å². The lowest BCUT2D eigenvalue weighted by Crippen LogP contribution is -2.31. The van der Waals surface area contributed by atoms with Crippen LogP contribution in [0.3, 0.4) is 0 Å². The predicted molar refractivity (Wildman–Crippen MR) is 105 cm³/mol. The smallest absolute Gasteiger partial charge is 0.233 e. The van der Waals surface area contributed by atoms with Crippen LogP contribution in [-0.2, 0) is 11.3 Å². The first-order valence-electron chi connectivity index (χ1n) is 8.25. The van der Waals surface area contributed by atoms with Gasteiger partial charge >= 0.3 is 0 Å². The van der Waals surface area contributed by atoms with Crippen molar-refractivity contribution in [1.29, 1.82) is 0 Å². The monoisotopic (exact) mass is 371 g/mol. The molecule has 4 nitrogen and oxygen atoms in total. The second kappa shape index (κ2) is 7.97. The molecule has 6 heteroatoms. The van der Waals surface area contributed by atoms with Gasteiger partial charge in [0.25, 0.3) is 0 Å². The number of rotatable bonds is 6. The van der Waals surface area contributed by atoms with Gasteiger partial charge in [-0.15, -0.1) is 11.3 Å². The third-order valence-corrected chi connectivity index (χ3v) is 6.30. The van der Waals surface area contributed by atoms with Gasteiger partial charge in [-0.25, -0.2) is 9.97 Å². The maximum Gasteiger partial charge on any atom is 0.233 e. The van der Waals surface area contributed by atoms with Gasteiger partial charge in [0.15, 0.2) is 0 Å². The molecule has 3 rings (SSSR count). The van der Waals surface area contributed by atoms with Crippen molar-refractivity contribution in [2.24, 2.45) is 0 Å². The first kappa shape index (κ1) is 17.9. The number of aryl methyl sites for hydroxylation is 2. The van der Waals surface area contributed by atoms with Crippen LogP contribution >= 0.6 is 23.1 Å². The lowest BCUT2D eigenvalue weighted by Gasteiger charge is -2.20. The van der Waals surface area contributed by atoms with Crippen LogP contribution in [0.1, 0.15) is 22.9 Å². The Morgan fingerprint density at radius 3 is 2.68 bits per heavy atom. The second-order valence-corrected chi connectivity index (χ2v) is 7.99. The molecular formula is C19H21N3OS2. The van der Waals surface area contributed by atoms with Crippen molar-refractivity contribution in [2.45, 2.75) is 32.3 Å². The minimum atomic E-state index is 0.132. The highest BCUT2D eigenvalue weighted by atomic mass is 32.2. The molecule has 0 radical (unpaired) electrons. The number of carbonyl (C=O) groups is 1. The summed E-state index contributed by atoms with van der Waals surface area (Å²) in [6.07, 6.45) is 1.59. The molecule has 25 heavy (non-hydrogen) atoms. The number of nitrogens with zero attached hydrogens (tertiary/aromatic N) is 3. The number of thiophene rings is 1. The molecule has 0 atom stereocenters. The van der Waals surface area contributed by atoms with Crippen molar-refractivity contribution in [2.75, 3.05) is 12.3 Å². The molecule has 0 aliphatic rings. The summed E-state index contributed by atoms with van der Waals surface area (Å²) in [5.41, 5.74) is 2.36. The Hall–Kier alpha value is -1.92. The van der Waals surface area contributed by atoms with Gasteiger partial charge in [-0.2, -0.15) is 0 Å². The summed E-state index contributed by atoms with van der Waals surface area (Å²) in [6.45, 7) is 7.55. The summed E-state index contributed by atoms with van der Waals surface area (Å²) in [6, 6.07) is 10.1. The summed E-state index contributed by atoms with van der Waals surface area (Å²) >= 11 is 3.18. The van der Waals surface area contributed by atoms with Gasteiger partial charge in [0.05, 0.1) is 5.75 Å². The molecule has 130 valence electrons. The largest absolute Gasteiger partial charge is 0.338 e. The van der Waals surface area contributed by atoms with Crippen molar-refractivity contribution in [3.63, 3.8) is 0 Å². The van der Waals surface area contributed by atoms with Crippen LogP contribution < -0.4 is 0 Å². The van der Waals surface area contributed by atoms with E-state index in [4.69, 9.17) is 0 Å². The zero-order valence-corrected chi connectivity index (χ0v) is 16.3. The van der Waals surface area contributed by atoms with E-state index in [0.29, 0.717) is 18.8 Å². The molecule has 0 aliphatic heterocycles. The predicted octanol–water partition coefficient (Wildman–Crippen LogP) is 4.45. The standard InChI is InChI=1S/C19H21N3OS2/c1-4-22(10-15-8-6-5-7-9-15)16(23)11-24-18-17-13(2)14(3)25-19(17)21-12-20-18/h5-9,12H,4,10-11H2,1-3H3. The molecule has 3 aromatic rings. The Bertz CT molecular complexity index is 877. The maximum atomic E-state index is 12.6. The van der Waals surface area contributed by atoms with E-state index in [1.54, 1.807) is 17.7 Å². The van der Waals surface area contributed by atoms with E-state index in [1.807, 2.05) is 30.0 Å². The van der Waals surface area contributed by atoms with E-state index in [2.05, 4.69) is 35.9 Å². The van der Waals surface area contributed by atoms with Gasteiger partial charge in [-0.1, -0.05) is 42.1 Å². The highest BCUT2D eigenvalue weighted by Gasteiger charge is 2.16. The number of hydrogen-bond acceptors (Lipinski definition) is 5. The van der Waals surface area contributed by atoms with Gasteiger partial charge in [0, 0.05) is 23.4 Å². The molecule has 1 aromatic carbocycles. The van der Waals surface area contributed by atoms with Gasteiger partial charge in [0.1, 0.15) is 16.2 Å². The molecule has 0 saturated carbocycles. The highest BCUT2D eigenvalue weighted by Crippen LogP contribution is 2.34. The number of benzene rings is 1. The molecule has 0 unspecified atom stereocenters. The molecule has 0 spiro atoms. The first-order chi connectivity index (χ1) is 12.1. The fraction of sp³-hybridized carbons (Fsp3) is 0.316. The third kappa shape index (κ3) is 4.02. The summed E-state index contributed by atoms with van der Waals surface area (Å²) in [5.74, 6) is 0.522. The van der Waals surface area contributed by atoms with Crippen molar-refractivity contribution >= 4 is 39.2 Å².